The number of carbonyl (C=O) groups is 1. The van der Waals surface area contributed by atoms with Crippen LogP contribution >= 0.6 is 0 Å². The van der Waals surface area contributed by atoms with Crippen molar-refractivity contribution in [1.29, 1.82) is 5.26 Å². The normalized spacial score (nSPS) is 9.88. The topological polar surface area (TPSA) is 72.2 Å². The molecule has 0 radical (unpaired) electrons. The number of nitriles is 1. The molecule has 0 saturated heterocycles. The lowest BCUT2D eigenvalue weighted by Crippen LogP contribution is -2.10. The fourth-order valence-corrected chi connectivity index (χ4v) is 1.16. The van der Waals surface area contributed by atoms with Gasteiger partial charge in [-0.2, -0.15) is 5.26 Å². The molecule has 0 spiro atoms. The van der Waals surface area contributed by atoms with Crippen LogP contribution in [0.2, 0.25) is 0 Å². The molecule has 1 aromatic heterocycles. The summed E-state index contributed by atoms with van der Waals surface area (Å²) < 4.78 is 34.3. The summed E-state index contributed by atoms with van der Waals surface area (Å²) in [7, 11) is 2.31. The summed E-state index contributed by atoms with van der Waals surface area (Å²) in [6.07, 6.45) is -2.88. The summed E-state index contributed by atoms with van der Waals surface area (Å²) in [5, 5.41) is 8.67. The number of aromatic nitrogens is 1. The van der Waals surface area contributed by atoms with Crippen LogP contribution in [0.5, 0.6) is 5.75 Å². The maximum atomic E-state index is 12.6. The molecule has 0 aliphatic heterocycles. The Morgan fingerprint density at radius 1 is 1.53 bits per heavy atom. The van der Waals surface area contributed by atoms with Crippen molar-refractivity contribution >= 4 is 5.97 Å². The summed E-state index contributed by atoms with van der Waals surface area (Å²) in [5.74, 6) is -1.02. The van der Waals surface area contributed by atoms with E-state index < -0.39 is 23.7 Å². The first kappa shape index (κ1) is 12.8. The summed E-state index contributed by atoms with van der Waals surface area (Å²) >= 11 is 0. The molecular weight excluding hydrogens is 234 g/mol. The Morgan fingerprint density at radius 2 is 2.18 bits per heavy atom. The van der Waals surface area contributed by atoms with Gasteiger partial charge in [0.05, 0.1) is 19.8 Å². The smallest absolute Gasteiger partial charge is 0.360 e. The first-order valence-corrected chi connectivity index (χ1v) is 4.40. The van der Waals surface area contributed by atoms with Gasteiger partial charge in [0.25, 0.3) is 6.43 Å². The van der Waals surface area contributed by atoms with Crippen molar-refractivity contribution < 1.29 is 23.0 Å². The second-order valence-electron chi connectivity index (χ2n) is 2.88. The van der Waals surface area contributed by atoms with Crippen LogP contribution in [0.15, 0.2) is 6.07 Å². The minimum Gasteiger partial charge on any atom is -0.494 e. The van der Waals surface area contributed by atoms with Gasteiger partial charge >= 0.3 is 5.97 Å². The molecule has 0 aliphatic carbocycles. The van der Waals surface area contributed by atoms with Gasteiger partial charge in [0.2, 0.25) is 0 Å². The lowest BCUT2D eigenvalue weighted by atomic mass is 10.1. The van der Waals surface area contributed by atoms with Gasteiger partial charge in [-0.3, -0.25) is 0 Å². The van der Waals surface area contributed by atoms with Gasteiger partial charge in [0.15, 0.2) is 17.1 Å². The molecule has 17 heavy (non-hydrogen) atoms. The van der Waals surface area contributed by atoms with Crippen molar-refractivity contribution in [2.24, 2.45) is 0 Å². The van der Waals surface area contributed by atoms with Crippen molar-refractivity contribution in [3.8, 4) is 11.8 Å². The fourth-order valence-electron chi connectivity index (χ4n) is 1.16. The van der Waals surface area contributed by atoms with Gasteiger partial charge in [0.1, 0.15) is 6.07 Å². The van der Waals surface area contributed by atoms with Crippen LogP contribution < -0.4 is 4.74 Å². The van der Waals surface area contributed by atoms with E-state index in [2.05, 4.69) is 9.72 Å². The van der Waals surface area contributed by atoms with Crippen LogP contribution in [0.1, 0.15) is 28.2 Å². The zero-order chi connectivity index (χ0) is 13.0. The molecule has 1 heterocycles. The summed E-state index contributed by atoms with van der Waals surface area (Å²) in [6.45, 7) is 0. The maximum Gasteiger partial charge on any atom is 0.360 e. The zero-order valence-corrected chi connectivity index (χ0v) is 9.03. The Balaban J connectivity index is 3.44. The van der Waals surface area contributed by atoms with Gasteiger partial charge in [-0.1, -0.05) is 0 Å². The van der Waals surface area contributed by atoms with E-state index in [0.717, 1.165) is 13.2 Å². The predicted molar refractivity (Wildman–Crippen MR) is 51.8 cm³/mol. The van der Waals surface area contributed by atoms with E-state index >= 15 is 0 Å². The molecule has 0 N–H and O–H groups in total. The number of methoxy groups -OCH3 is 2. The van der Waals surface area contributed by atoms with Gasteiger partial charge in [-0.05, 0) is 6.07 Å². The summed E-state index contributed by atoms with van der Waals surface area (Å²) in [5.41, 5.74) is -1.42. The Hall–Kier alpha value is -2.23. The highest BCUT2D eigenvalue weighted by atomic mass is 19.3. The Kier molecular flexibility index (Phi) is 3.93. The van der Waals surface area contributed by atoms with E-state index in [0.29, 0.717) is 0 Å². The molecule has 0 aliphatic rings. The highest BCUT2D eigenvalue weighted by molar-refractivity contribution is 5.90. The van der Waals surface area contributed by atoms with Crippen molar-refractivity contribution in [3.05, 3.63) is 23.0 Å². The van der Waals surface area contributed by atoms with Crippen molar-refractivity contribution in [2.45, 2.75) is 6.43 Å². The number of pyridine rings is 1. The van der Waals surface area contributed by atoms with E-state index in [4.69, 9.17) is 10.00 Å². The second kappa shape index (κ2) is 5.21. The van der Waals surface area contributed by atoms with E-state index in [1.807, 2.05) is 0 Å². The number of hydrogen-bond donors (Lipinski definition) is 0. The van der Waals surface area contributed by atoms with E-state index in [9.17, 15) is 13.6 Å². The fraction of sp³-hybridized carbons (Fsp3) is 0.300. The molecule has 1 rings (SSSR count). The summed E-state index contributed by atoms with van der Waals surface area (Å²) in [4.78, 5) is 14.8. The van der Waals surface area contributed by atoms with Crippen LogP contribution in [-0.4, -0.2) is 25.2 Å². The minimum atomic E-state index is -2.88. The predicted octanol–water partition coefficient (Wildman–Crippen LogP) is 1.69. The van der Waals surface area contributed by atoms with E-state index in [1.54, 1.807) is 0 Å². The quantitative estimate of drug-likeness (QED) is 0.754. The average Bonchev–Trinajstić information content (AvgIpc) is 2.35. The van der Waals surface area contributed by atoms with Crippen LogP contribution in [0.3, 0.4) is 0 Å². The van der Waals surface area contributed by atoms with E-state index in [-0.39, 0.29) is 11.4 Å². The second-order valence-corrected chi connectivity index (χ2v) is 2.88. The zero-order valence-electron chi connectivity index (χ0n) is 9.03. The Morgan fingerprint density at radius 3 is 2.59 bits per heavy atom. The van der Waals surface area contributed by atoms with Crippen LogP contribution in [0, 0.1) is 11.3 Å². The van der Waals surface area contributed by atoms with Gasteiger partial charge in [-0.15, -0.1) is 0 Å². The average molecular weight is 242 g/mol. The number of carbonyl (C=O) groups excluding carboxylic acids is 1. The van der Waals surface area contributed by atoms with Crippen LogP contribution in [0.25, 0.3) is 0 Å². The molecule has 90 valence electrons. The Labute approximate surface area is 95.6 Å². The highest BCUT2D eigenvalue weighted by Gasteiger charge is 2.22. The minimum absolute atomic E-state index is 0.161. The molecule has 0 amide bonds. The lowest BCUT2D eigenvalue weighted by molar-refractivity contribution is 0.0589. The largest absolute Gasteiger partial charge is 0.494 e. The molecule has 0 bridgehead atoms. The van der Waals surface area contributed by atoms with Crippen molar-refractivity contribution in [3.63, 3.8) is 0 Å². The number of rotatable bonds is 3. The molecule has 0 atom stereocenters. The first-order chi connectivity index (χ1) is 8.04. The lowest BCUT2D eigenvalue weighted by Gasteiger charge is -2.09. The third-order valence-corrected chi connectivity index (χ3v) is 1.96. The number of esters is 1. The molecule has 0 saturated carbocycles. The first-order valence-electron chi connectivity index (χ1n) is 4.40. The third-order valence-electron chi connectivity index (χ3n) is 1.96. The van der Waals surface area contributed by atoms with Crippen molar-refractivity contribution in [1.82, 2.24) is 4.98 Å². The monoisotopic (exact) mass is 242 g/mol. The molecule has 5 nitrogen and oxygen atoms in total. The van der Waals surface area contributed by atoms with Gasteiger partial charge in [-0.25, -0.2) is 18.6 Å². The molecule has 0 unspecified atom stereocenters. The highest BCUT2D eigenvalue weighted by Crippen LogP contribution is 2.28. The molecular formula is C10H8F2N2O3. The van der Waals surface area contributed by atoms with Crippen molar-refractivity contribution in [2.75, 3.05) is 14.2 Å². The molecule has 0 aromatic carbocycles. The number of ether oxygens (including phenoxy) is 2. The molecule has 1 aromatic rings. The number of halogens is 2. The van der Waals surface area contributed by atoms with Crippen LogP contribution in [0.4, 0.5) is 8.78 Å². The molecule has 0 fully saturated rings. The van der Waals surface area contributed by atoms with E-state index in [1.165, 1.54) is 13.2 Å². The third kappa shape index (κ3) is 2.47. The summed E-state index contributed by atoms with van der Waals surface area (Å²) in [6, 6.07) is 2.40. The van der Waals surface area contributed by atoms with Gasteiger partial charge < -0.3 is 9.47 Å². The standard InChI is InChI=1S/C10H8F2N2O3/c1-16-7-3-5(9(11)12)6(4-13)14-8(7)10(15)17-2/h3,9H,1-2H3. The Bertz CT molecular complexity index is 483. The SMILES string of the molecule is COC(=O)c1nc(C#N)c(C(F)F)cc1OC. The van der Waals surface area contributed by atoms with Gasteiger partial charge in [0, 0.05) is 0 Å². The van der Waals surface area contributed by atoms with Crippen LogP contribution in [-0.2, 0) is 4.74 Å². The number of nitrogens with zero attached hydrogens (tertiary/aromatic N) is 2. The number of alkyl halides is 2. The number of hydrogen-bond acceptors (Lipinski definition) is 5. The maximum absolute atomic E-state index is 12.6. The molecule has 7 heteroatoms.